The van der Waals surface area contributed by atoms with Crippen molar-refractivity contribution in [2.24, 2.45) is 5.92 Å². The number of carbonyl (C=O) groups excluding carboxylic acids is 1. The maximum Gasteiger partial charge on any atom is 0.230 e. The van der Waals surface area contributed by atoms with Gasteiger partial charge in [0.05, 0.1) is 4.88 Å². The number of amides is 1. The lowest BCUT2D eigenvalue weighted by molar-refractivity contribution is -0.133. The zero-order valence-corrected chi connectivity index (χ0v) is 14.4. The minimum atomic E-state index is 0.265. The van der Waals surface area contributed by atoms with Crippen LogP contribution >= 0.6 is 11.3 Å². The molecule has 0 radical (unpaired) electrons. The maximum atomic E-state index is 12.4. The van der Waals surface area contributed by atoms with Gasteiger partial charge in [0.15, 0.2) is 0 Å². The van der Waals surface area contributed by atoms with Crippen molar-refractivity contribution < 1.29 is 9.32 Å². The van der Waals surface area contributed by atoms with Gasteiger partial charge in [-0.2, -0.15) is 4.98 Å². The van der Waals surface area contributed by atoms with Gasteiger partial charge in [-0.3, -0.25) is 4.79 Å². The molecular weight excluding hydrogens is 322 g/mol. The summed E-state index contributed by atoms with van der Waals surface area (Å²) in [6, 6.07) is 3.98. The molecule has 0 aromatic carbocycles. The van der Waals surface area contributed by atoms with Gasteiger partial charge in [0.2, 0.25) is 17.6 Å². The van der Waals surface area contributed by atoms with E-state index in [4.69, 9.17) is 4.52 Å². The average Bonchev–Trinajstić information content (AvgIpc) is 3.36. The fraction of sp³-hybridized carbons (Fsp3) is 0.500. The van der Waals surface area contributed by atoms with E-state index in [1.54, 1.807) is 11.3 Å². The molecule has 2 aliphatic rings. The van der Waals surface area contributed by atoms with Crippen LogP contribution in [0.3, 0.4) is 0 Å². The van der Waals surface area contributed by atoms with Gasteiger partial charge in [0.25, 0.3) is 0 Å². The van der Waals surface area contributed by atoms with Crippen LogP contribution in [0.1, 0.15) is 43.9 Å². The summed E-state index contributed by atoms with van der Waals surface area (Å²) in [6.45, 7) is 1.58. The lowest BCUT2D eigenvalue weighted by Crippen LogP contribution is -2.38. The summed E-state index contributed by atoms with van der Waals surface area (Å²) < 4.78 is 5.46. The number of likely N-dealkylation sites (tertiary alicyclic amines) is 1. The van der Waals surface area contributed by atoms with E-state index < -0.39 is 0 Å². The number of aromatic nitrogens is 2. The number of rotatable bonds is 4. The van der Waals surface area contributed by atoms with Gasteiger partial charge in [0.1, 0.15) is 0 Å². The molecular formula is C18H21N3O2S. The average molecular weight is 343 g/mol. The molecule has 1 aliphatic heterocycles. The van der Waals surface area contributed by atoms with Crippen LogP contribution in [0, 0.1) is 5.92 Å². The normalized spacial score (nSPS) is 21.5. The van der Waals surface area contributed by atoms with Crippen LogP contribution in [0.15, 0.2) is 34.2 Å². The van der Waals surface area contributed by atoms with E-state index in [0.717, 1.165) is 43.6 Å². The number of carbonyl (C=O) groups is 1. The molecule has 1 amide bonds. The molecule has 6 heteroatoms. The summed E-state index contributed by atoms with van der Waals surface area (Å²) in [5, 5.41) is 6.10. The molecule has 4 rings (SSSR count). The fourth-order valence-corrected chi connectivity index (χ4v) is 4.15. The minimum Gasteiger partial charge on any atom is -0.343 e. The number of thiophene rings is 1. The molecule has 2 aromatic heterocycles. The molecule has 1 unspecified atom stereocenters. The molecule has 24 heavy (non-hydrogen) atoms. The van der Waals surface area contributed by atoms with E-state index in [0.29, 0.717) is 24.1 Å². The maximum absolute atomic E-state index is 12.4. The van der Waals surface area contributed by atoms with E-state index in [2.05, 4.69) is 22.3 Å². The number of piperidine rings is 1. The Labute approximate surface area is 145 Å². The minimum absolute atomic E-state index is 0.265. The molecule has 1 atom stereocenters. The Kier molecular flexibility index (Phi) is 4.47. The van der Waals surface area contributed by atoms with Gasteiger partial charge in [-0.05, 0) is 43.0 Å². The molecule has 1 aliphatic carbocycles. The summed E-state index contributed by atoms with van der Waals surface area (Å²) in [5.74, 6) is 2.38. The van der Waals surface area contributed by atoms with Crippen LogP contribution in [0.2, 0.25) is 0 Å². The molecule has 0 spiro atoms. The lowest BCUT2D eigenvalue weighted by atomic mass is 9.95. The quantitative estimate of drug-likeness (QED) is 0.791. The van der Waals surface area contributed by atoms with E-state index in [1.807, 2.05) is 22.4 Å². The molecule has 0 N–H and O–H groups in total. The van der Waals surface area contributed by atoms with Crippen molar-refractivity contribution in [1.82, 2.24) is 15.0 Å². The van der Waals surface area contributed by atoms with Crippen LogP contribution in [-0.4, -0.2) is 34.0 Å². The van der Waals surface area contributed by atoms with Crippen LogP contribution in [0.4, 0.5) is 0 Å². The second-order valence-electron chi connectivity index (χ2n) is 6.56. The third-order valence-electron chi connectivity index (χ3n) is 4.93. The highest BCUT2D eigenvalue weighted by molar-refractivity contribution is 7.13. The number of nitrogens with zero attached hydrogens (tertiary/aromatic N) is 3. The van der Waals surface area contributed by atoms with Crippen LogP contribution in [0.25, 0.3) is 10.7 Å². The Balaban J connectivity index is 1.32. The van der Waals surface area contributed by atoms with Gasteiger partial charge in [0, 0.05) is 25.4 Å². The second kappa shape index (κ2) is 6.89. The van der Waals surface area contributed by atoms with Crippen LogP contribution < -0.4 is 0 Å². The van der Waals surface area contributed by atoms with Crippen molar-refractivity contribution in [1.29, 1.82) is 0 Å². The molecule has 2 aromatic rings. The first-order valence-electron chi connectivity index (χ1n) is 8.61. The Morgan fingerprint density at radius 3 is 2.92 bits per heavy atom. The van der Waals surface area contributed by atoms with Crippen molar-refractivity contribution >= 4 is 17.2 Å². The highest BCUT2D eigenvalue weighted by Crippen LogP contribution is 2.30. The molecule has 5 nitrogen and oxygen atoms in total. The van der Waals surface area contributed by atoms with E-state index in [-0.39, 0.29) is 11.8 Å². The first kappa shape index (κ1) is 15.6. The smallest absolute Gasteiger partial charge is 0.230 e. The molecule has 0 saturated carbocycles. The molecule has 1 saturated heterocycles. The summed E-state index contributed by atoms with van der Waals surface area (Å²) in [5.41, 5.74) is 0. The van der Waals surface area contributed by atoms with E-state index >= 15 is 0 Å². The first-order chi connectivity index (χ1) is 11.8. The lowest BCUT2D eigenvalue weighted by Gasteiger charge is -2.31. The molecule has 3 heterocycles. The standard InChI is InChI=1S/C18H21N3O2S/c22-16(12-13-4-1-2-5-13)21-9-7-14(8-10-21)18-19-17(20-23-18)15-6-3-11-24-15/h1,3-4,6,11,13-14H,2,5,7-10,12H2. The van der Waals surface area contributed by atoms with Gasteiger partial charge >= 0.3 is 0 Å². The van der Waals surface area contributed by atoms with Crippen molar-refractivity contribution in [3.63, 3.8) is 0 Å². The van der Waals surface area contributed by atoms with Crippen molar-refractivity contribution in [3.8, 4) is 10.7 Å². The molecule has 1 fully saturated rings. The monoisotopic (exact) mass is 343 g/mol. The number of allylic oxidation sites excluding steroid dienone is 2. The Hall–Kier alpha value is -1.95. The Morgan fingerprint density at radius 1 is 1.33 bits per heavy atom. The topological polar surface area (TPSA) is 59.2 Å². The SMILES string of the molecule is O=C(CC1C=CCC1)N1CCC(c2nc(-c3cccs3)no2)CC1. The number of hydrogen-bond donors (Lipinski definition) is 0. The van der Waals surface area contributed by atoms with Crippen LogP contribution in [-0.2, 0) is 4.79 Å². The fourth-order valence-electron chi connectivity index (χ4n) is 3.50. The zero-order valence-electron chi connectivity index (χ0n) is 13.6. The largest absolute Gasteiger partial charge is 0.343 e. The third kappa shape index (κ3) is 3.29. The van der Waals surface area contributed by atoms with E-state index in [9.17, 15) is 4.79 Å². The first-order valence-corrected chi connectivity index (χ1v) is 9.49. The molecule has 126 valence electrons. The van der Waals surface area contributed by atoms with Crippen LogP contribution in [0.5, 0.6) is 0 Å². The Bertz CT molecular complexity index is 714. The van der Waals surface area contributed by atoms with Gasteiger partial charge in [-0.1, -0.05) is 23.4 Å². The van der Waals surface area contributed by atoms with Gasteiger partial charge < -0.3 is 9.42 Å². The third-order valence-corrected chi connectivity index (χ3v) is 5.80. The highest BCUT2D eigenvalue weighted by atomic mass is 32.1. The van der Waals surface area contributed by atoms with E-state index in [1.165, 1.54) is 0 Å². The van der Waals surface area contributed by atoms with Crippen molar-refractivity contribution in [2.75, 3.05) is 13.1 Å². The highest BCUT2D eigenvalue weighted by Gasteiger charge is 2.28. The van der Waals surface area contributed by atoms with Crippen molar-refractivity contribution in [3.05, 3.63) is 35.6 Å². The van der Waals surface area contributed by atoms with Crippen molar-refractivity contribution in [2.45, 2.75) is 38.0 Å². The predicted molar refractivity (Wildman–Crippen MR) is 92.6 cm³/mol. The summed E-state index contributed by atoms with van der Waals surface area (Å²) in [6.07, 6.45) is 9.07. The summed E-state index contributed by atoms with van der Waals surface area (Å²) in [4.78, 5) is 20.0. The predicted octanol–water partition coefficient (Wildman–Crippen LogP) is 3.86. The zero-order chi connectivity index (χ0) is 16.4. The summed E-state index contributed by atoms with van der Waals surface area (Å²) in [7, 11) is 0. The van der Waals surface area contributed by atoms with Gasteiger partial charge in [-0.15, -0.1) is 11.3 Å². The van der Waals surface area contributed by atoms with Gasteiger partial charge in [-0.25, -0.2) is 0 Å². The second-order valence-corrected chi connectivity index (χ2v) is 7.51. The summed E-state index contributed by atoms with van der Waals surface area (Å²) >= 11 is 1.61. The number of hydrogen-bond acceptors (Lipinski definition) is 5. The molecule has 0 bridgehead atoms. The Morgan fingerprint density at radius 2 is 2.21 bits per heavy atom.